The number of piperazine rings is 1. The van der Waals surface area contributed by atoms with Gasteiger partial charge < -0.3 is 16.4 Å². The minimum absolute atomic E-state index is 0.319. The average Bonchev–Trinajstić information content (AvgIpc) is 2.66. The Balaban J connectivity index is 1.40. The van der Waals surface area contributed by atoms with Crippen LogP contribution >= 0.6 is 0 Å². The van der Waals surface area contributed by atoms with Gasteiger partial charge in [0.25, 0.3) is 0 Å². The van der Waals surface area contributed by atoms with E-state index in [1.807, 2.05) is 6.07 Å². The third-order valence-electron chi connectivity index (χ3n) is 7.99. The van der Waals surface area contributed by atoms with Crippen LogP contribution in [0.15, 0.2) is 18.2 Å². The smallest absolute Gasteiger partial charge is 0.211 e. The zero-order valence-electron chi connectivity index (χ0n) is 16.6. The maximum Gasteiger partial charge on any atom is 0.211 e. The van der Waals surface area contributed by atoms with E-state index in [1.54, 1.807) is 4.31 Å². The largest absolute Gasteiger partial charge is 0.398 e. The molecule has 4 bridgehead atoms. The predicted octanol–water partition coefficient (Wildman–Crippen LogP) is 1.83. The maximum atomic E-state index is 11.8. The van der Waals surface area contributed by atoms with Crippen LogP contribution in [0.25, 0.3) is 0 Å². The predicted molar refractivity (Wildman–Crippen MR) is 113 cm³/mol. The Bertz CT molecular complexity index is 865. The van der Waals surface area contributed by atoms with Crippen molar-refractivity contribution >= 4 is 21.4 Å². The molecule has 4 aliphatic carbocycles. The third kappa shape index (κ3) is 3.02. The molecule has 7 heteroatoms. The van der Waals surface area contributed by atoms with Crippen molar-refractivity contribution in [3.05, 3.63) is 23.8 Å². The molecule has 1 aromatic rings. The molecule has 1 saturated heterocycles. The lowest BCUT2D eigenvalue weighted by Gasteiger charge is -2.58. The molecule has 5 fully saturated rings. The zero-order valence-corrected chi connectivity index (χ0v) is 17.4. The van der Waals surface area contributed by atoms with Crippen LogP contribution in [-0.2, 0) is 10.0 Å². The fraction of sp³-hybridized carbons (Fsp3) is 0.714. The molecule has 6 nitrogen and oxygen atoms in total. The molecular formula is C21H32N4O2S. The number of nitrogens with two attached hydrogens (primary N) is 2. The summed E-state index contributed by atoms with van der Waals surface area (Å²) in [4.78, 5) is 2.29. The number of nitrogen functional groups attached to an aromatic ring is 1. The normalized spacial score (nSPS) is 38.1. The summed E-state index contributed by atoms with van der Waals surface area (Å²) in [6.07, 6.45) is 6.48. The molecule has 1 aromatic carbocycles. The van der Waals surface area contributed by atoms with Gasteiger partial charge in [-0.2, -0.15) is 4.31 Å². The van der Waals surface area contributed by atoms with Gasteiger partial charge in [-0.05, 0) is 79.0 Å². The van der Waals surface area contributed by atoms with Crippen molar-refractivity contribution in [1.29, 1.82) is 0 Å². The molecule has 1 heterocycles. The van der Waals surface area contributed by atoms with Gasteiger partial charge in [0.15, 0.2) is 0 Å². The highest BCUT2D eigenvalue weighted by Crippen LogP contribution is 2.60. The van der Waals surface area contributed by atoms with Crippen molar-refractivity contribution in [2.24, 2.45) is 29.4 Å². The first-order valence-electron chi connectivity index (χ1n) is 10.7. The summed E-state index contributed by atoms with van der Waals surface area (Å²) in [5.74, 6) is 3.36. The number of hydrogen-bond acceptors (Lipinski definition) is 5. The third-order valence-corrected chi connectivity index (χ3v) is 9.30. The fourth-order valence-electron chi connectivity index (χ4n) is 6.77. The van der Waals surface area contributed by atoms with Crippen LogP contribution < -0.4 is 16.4 Å². The lowest BCUT2D eigenvalue weighted by Crippen LogP contribution is -2.56. The van der Waals surface area contributed by atoms with Crippen LogP contribution in [0, 0.1) is 23.7 Å². The van der Waals surface area contributed by atoms with Crippen LogP contribution in [0.2, 0.25) is 0 Å². The van der Waals surface area contributed by atoms with Gasteiger partial charge in [-0.15, -0.1) is 0 Å². The van der Waals surface area contributed by atoms with Crippen molar-refractivity contribution in [3.63, 3.8) is 0 Å². The van der Waals surface area contributed by atoms with Crippen molar-refractivity contribution in [2.75, 3.05) is 43.1 Å². The van der Waals surface area contributed by atoms with Crippen molar-refractivity contribution in [1.82, 2.24) is 4.31 Å². The van der Waals surface area contributed by atoms with E-state index in [2.05, 4.69) is 17.0 Å². The quantitative estimate of drug-likeness (QED) is 0.750. The minimum Gasteiger partial charge on any atom is -0.398 e. The van der Waals surface area contributed by atoms with E-state index in [1.165, 1.54) is 43.2 Å². The number of sulfonamides is 1. The first kappa shape index (κ1) is 18.7. The van der Waals surface area contributed by atoms with Crippen LogP contribution in [0.1, 0.15) is 37.2 Å². The fourth-order valence-corrected chi connectivity index (χ4v) is 7.60. The Hall–Kier alpha value is -1.31. The van der Waals surface area contributed by atoms with Crippen molar-refractivity contribution in [2.45, 2.75) is 37.6 Å². The highest BCUT2D eigenvalue weighted by molar-refractivity contribution is 7.88. The molecule has 154 valence electrons. The summed E-state index contributed by atoms with van der Waals surface area (Å²) in [5.41, 5.74) is 16.5. The number of rotatable bonds is 3. The van der Waals surface area contributed by atoms with E-state index < -0.39 is 10.0 Å². The lowest BCUT2D eigenvalue weighted by molar-refractivity contribution is -0.0208. The summed E-state index contributed by atoms with van der Waals surface area (Å²) in [7, 11) is -3.11. The second-order valence-electron chi connectivity index (χ2n) is 9.56. The highest BCUT2D eigenvalue weighted by Gasteiger charge is 2.53. The Morgan fingerprint density at radius 1 is 1.00 bits per heavy atom. The molecule has 4 N–H and O–H groups in total. The molecule has 6 unspecified atom stereocenters. The first-order valence-corrected chi connectivity index (χ1v) is 12.5. The Kier molecular flexibility index (Phi) is 4.41. The second kappa shape index (κ2) is 6.61. The maximum absolute atomic E-state index is 11.8. The minimum atomic E-state index is -3.11. The van der Waals surface area contributed by atoms with Gasteiger partial charge in [-0.25, -0.2) is 8.42 Å². The van der Waals surface area contributed by atoms with Crippen LogP contribution in [-0.4, -0.2) is 51.2 Å². The summed E-state index contributed by atoms with van der Waals surface area (Å²) < 4.78 is 25.1. The number of hydrogen-bond donors (Lipinski definition) is 2. The van der Waals surface area contributed by atoms with Gasteiger partial charge in [0.2, 0.25) is 10.0 Å². The lowest BCUT2D eigenvalue weighted by atomic mass is 9.49. The van der Waals surface area contributed by atoms with E-state index in [0.717, 1.165) is 30.6 Å². The van der Waals surface area contributed by atoms with E-state index in [4.69, 9.17) is 11.5 Å². The Labute approximate surface area is 168 Å². The first-order chi connectivity index (χ1) is 13.3. The zero-order chi connectivity index (χ0) is 19.6. The standard InChI is InChI=1S/C21H32N4O2S/c1-28(26,27)25-6-4-24(5-7-25)16-2-3-19(22)17(12-16)20-14-8-13-9-15(11-14)21(23)18(20)10-13/h2-3,12-15,18,20-21H,4-11,22-23H2,1H3. The highest BCUT2D eigenvalue weighted by atomic mass is 32.2. The van der Waals surface area contributed by atoms with E-state index in [9.17, 15) is 8.42 Å². The molecule has 5 aliphatic rings. The summed E-state index contributed by atoms with van der Waals surface area (Å²) >= 11 is 0. The molecule has 28 heavy (non-hydrogen) atoms. The topological polar surface area (TPSA) is 92.7 Å². The van der Waals surface area contributed by atoms with Crippen molar-refractivity contribution in [3.8, 4) is 0 Å². The van der Waals surface area contributed by atoms with Gasteiger partial charge in [0.05, 0.1) is 6.26 Å². The van der Waals surface area contributed by atoms with E-state index >= 15 is 0 Å². The number of nitrogens with zero attached hydrogens (tertiary/aromatic N) is 2. The summed E-state index contributed by atoms with van der Waals surface area (Å²) in [6, 6.07) is 6.74. The monoisotopic (exact) mass is 404 g/mol. The number of anilines is 2. The molecule has 0 spiro atoms. The molecular weight excluding hydrogens is 372 g/mol. The van der Waals surface area contributed by atoms with Gasteiger partial charge in [-0.3, -0.25) is 0 Å². The summed E-state index contributed by atoms with van der Waals surface area (Å²) in [6.45, 7) is 2.53. The van der Waals surface area contributed by atoms with Crippen LogP contribution in [0.4, 0.5) is 11.4 Å². The SMILES string of the molecule is CS(=O)(=O)N1CCN(c2ccc(N)c(C3C4CC5CC(C4)C(N)C3C5)c2)CC1. The van der Waals surface area contributed by atoms with Crippen molar-refractivity contribution < 1.29 is 8.42 Å². The van der Waals surface area contributed by atoms with Crippen LogP contribution in [0.3, 0.4) is 0 Å². The Morgan fingerprint density at radius 2 is 1.71 bits per heavy atom. The molecule has 0 amide bonds. The van der Waals surface area contributed by atoms with Gasteiger partial charge >= 0.3 is 0 Å². The molecule has 1 aliphatic heterocycles. The molecule has 6 atom stereocenters. The molecule has 6 rings (SSSR count). The summed E-state index contributed by atoms with van der Waals surface area (Å²) in [5, 5.41) is 0. The number of benzene rings is 1. The van der Waals surface area contributed by atoms with Crippen LogP contribution in [0.5, 0.6) is 0 Å². The van der Waals surface area contributed by atoms with Gasteiger partial charge in [0.1, 0.15) is 0 Å². The van der Waals surface area contributed by atoms with E-state index in [-0.39, 0.29) is 0 Å². The van der Waals surface area contributed by atoms with Gasteiger partial charge in [0, 0.05) is 43.6 Å². The average molecular weight is 405 g/mol. The molecule has 0 radical (unpaired) electrons. The molecule has 4 saturated carbocycles. The Morgan fingerprint density at radius 3 is 2.43 bits per heavy atom. The van der Waals surface area contributed by atoms with E-state index in [0.29, 0.717) is 36.9 Å². The van der Waals surface area contributed by atoms with Gasteiger partial charge in [-0.1, -0.05) is 0 Å². The second-order valence-corrected chi connectivity index (χ2v) is 11.5. The molecule has 0 aromatic heterocycles.